The van der Waals surface area contributed by atoms with Crippen LogP contribution in [0.1, 0.15) is 17.3 Å². The van der Waals surface area contributed by atoms with Crippen molar-refractivity contribution in [3.05, 3.63) is 23.8 Å². The van der Waals surface area contributed by atoms with Crippen LogP contribution in [0.5, 0.6) is 0 Å². The van der Waals surface area contributed by atoms with Gasteiger partial charge in [-0.15, -0.1) is 0 Å². The van der Waals surface area contributed by atoms with Crippen LogP contribution in [0.3, 0.4) is 0 Å². The maximum atomic E-state index is 11.5. The first kappa shape index (κ1) is 18.3. The van der Waals surface area contributed by atoms with Gasteiger partial charge in [0.2, 0.25) is 0 Å². The summed E-state index contributed by atoms with van der Waals surface area (Å²) in [5.74, 6) is -1.31. The number of anilines is 1. The van der Waals surface area contributed by atoms with Crippen LogP contribution in [0.4, 0.5) is 5.69 Å². The molecule has 0 aliphatic heterocycles. The third kappa shape index (κ3) is 6.47. The van der Waals surface area contributed by atoms with Crippen LogP contribution < -0.4 is 5.73 Å². The number of benzene rings is 1. The van der Waals surface area contributed by atoms with Gasteiger partial charge in [0.1, 0.15) is 0 Å². The molecule has 0 spiro atoms. The lowest BCUT2D eigenvalue weighted by Gasteiger charge is -2.04. The average Bonchev–Trinajstić information content (AvgIpc) is 2.26. The highest BCUT2D eigenvalue weighted by atomic mass is 32.3. The molecule has 20 heavy (non-hydrogen) atoms. The maximum absolute atomic E-state index is 11.5. The smallest absolute Gasteiger partial charge is 0.394 e. The Morgan fingerprint density at radius 3 is 2.00 bits per heavy atom. The highest BCUT2D eigenvalue weighted by Crippen LogP contribution is 2.18. The molecular formula is C9H13NO8S2. The second-order valence-corrected chi connectivity index (χ2v) is 6.58. The number of rotatable bonds is 3. The van der Waals surface area contributed by atoms with Gasteiger partial charge in [0.05, 0.1) is 16.2 Å². The molecule has 0 fully saturated rings. The van der Waals surface area contributed by atoms with Crippen molar-refractivity contribution in [2.45, 2.75) is 11.8 Å². The van der Waals surface area contributed by atoms with Crippen molar-refractivity contribution in [1.29, 1.82) is 0 Å². The number of carboxylic acid groups (broad SMARTS) is 1. The number of hydrogen-bond acceptors (Lipinski definition) is 6. The third-order valence-corrected chi connectivity index (χ3v) is 3.73. The molecule has 0 bridgehead atoms. The molecule has 0 radical (unpaired) electrons. The summed E-state index contributed by atoms with van der Waals surface area (Å²) >= 11 is 0. The Bertz CT molecular complexity index is 685. The van der Waals surface area contributed by atoms with Crippen LogP contribution in [0, 0.1) is 0 Å². The molecule has 114 valence electrons. The monoisotopic (exact) mass is 327 g/mol. The van der Waals surface area contributed by atoms with Crippen molar-refractivity contribution in [3.63, 3.8) is 0 Å². The molecule has 0 unspecified atom stereocenters. The van der Waals surface area contributed by atoms with Crippen LogP contribution in [-0.4, -0.2) is 42.8 Å². The average molecular weight is 327 g/mol. The van der Waals surface area contributed by atoms with Crippen molar-refractivity contribution in [2.75, 3.05) is 11.5 Å². The number of carbonyl (C=O) groups is 1. The standard InChI is InChI=1S/C9H11NO4S.H2O4S/c1-2-15(13,14)6-3-4-8(10)7(5-6)9(11)12;1-5(2,3)4/h3-5H,2,10H2,1H3,(H,11,12);(H2,1,2,3,4). The quantitative estimate of drug-likeness (QED) is 0.444. The molecule has 1 aromatic carbocycles. The summed E-state index contributed by atoms with van der Waals surface area (Å²) in [7, 11) is -8.06. The first-order chi connectivity index (χ1) is 8.88. The van der Waals surface area contributed by atoms with Gasteiger partial charge in [0.25, 0.3) is 0 Å². The molecule has 5 N–H and O–H groups in total. The van der Waals surface area contributed by atoms with Crippen LogP contribution in [0.25, 0.3) is 0 Å². The van der Waals surface area contributed by atoms with Crippen LogP contribution in [0.2, 0.25) is 0 Å². The minimum absolute atomic E-state index is 0.0170. The second kappa shape index (κ2) is 6.65. The lowest BCUT2D eigenvalue weighted by atomic mass is 10.2. The first-order valence-corrected chi connectivity index (χ1v) is 7.99. The molecule has 9 nitrogen and oxygen atoms in total. The second-order valence-electron chi connectivity index (χ2n) is 3.41. The number of nitrogens with two attached hydrogens (primary N) is 1. The topological polar surface area (TPSA) is 172 Å². The molecule has 0 heterocycles. The van der Waals surface area contributed by atoms with Crippen molar-refractivity contribution in [3.8, 4) is 0 Å². The molecule has 0 aliphatic carbocycles. The Kier molecular flexibility index (Phi) is 6.09. The van der Waals surface area contributed by atoms with Gasteiger partial charge < -0.3 is 10.8 Å². The van der Waals surface area contributed by atoms with Crippen molar-refractivity contribution in [2.24, 2.45) is 0 Å². The molecule has 1 rings (SSSR count). The summed E-state index contributed by atoms with van der Waals surface area (Å²) in [4.78, 5) is 10.7. The number of carboxylic acids is 1. The van der Waals surface area contributed by atoms with E-state index in [9.17, 15) is 13.2 Å². The number of sulfone groups is 1. The summed E-state index contributed by atoms with van der Waals surface area (Å²) in [6.45, 7) is 1.49. The van der Waals surface area contributed by atoms with Gasteiger partial charge in [-0.1, -0.05) is 6.92 Å². The van der Waals surface area contributed by atoms with E-state index >= 15 is 0 Å². The summed E-state index contributed by atoms with van der Waals surface area (Å²) in [5, 5.41) is 8.75. The Hall–Kier alpha value is -1.69. The zero-order chi connectivity index (χ0) is 16.1. The Morgan fingerprint density at radius 1 is 1.20 bits per heavy atom. The van der Waals surface area contributed by atoms with Gasteiger partial charge >= 0.3 is 16.4 Å². The predicted molar refractivity (Wildman–Crippen MR) is 69.7 cm³/mol. The lowest BCUT2D eigenvalue weighted by Crippen LogP contribution is -2.08. The summed E-state index contributed by atoms with van der Waals surface area (Å²) < 4.78 is 54.5. The highest BCUT2D eigenvalue weighted by Gasteiger charge is 2.16. The van der Waals surface area contributed by atoms with Crippen molar-refractivity contribution < 1.29 is 35.8 Å². The zero-order valence-corrected chi connectivity index (χ0v) is 11.8. The highest BCUT2D eigenvalue weighted by molar-refractivity contribution is 7.91. The summed E-state index contributed by atoms with van der Waals surface area (Å²) in [6, 6.07) is 3.67. The van der Waals surface area contributed by atoms with Gasteiger partial charge in [0, 0.05) is 5.69 Å². The van der Waals surface area contributed by atoms with E-state index in [0.717, 1.165) is 6.07 Å². The fourth-order valence-corrected chi connectivity index (χ4v) is 1.99. The van der Waals surface area contributed by atoms with E-state index < -0.39 is 26.2 Å². The fraction of sp³-hybridized carbons (Fsp3) is 0.222. The normalized spacial score (nSPS) is 11.3. The molecule has 0 aliphatic rings. The van der Waals surface area contributed by atoms with Crippen molar-refractivity contribution >= 4 is 31.9 Å². The van der Waals surface area contributed by atoms with Crippen LogP contribution in [-0.2, 0) is 20.2 Å². The van der Waals surface area contributed by atoms with E-state index in [1.165, 1.54) is 19.1 Å². The van der Waals surface area contributed by atoms with Crippen LogP contribution >= 0.6 is 0 Å². The van der Waals surface area contributed by atoms with E-state index in [0.29, 0.717) is 0 Å². The number of aromatic carboxylic acids is 1. The molecular weight excluding hydrogens is 314 g/mol. The lowest BCUT2D eigenvalue weighted by molar-refractivity contribution is 0.0697. The van der Waals surface area contributed by atoms with E-state index in [2.05, 4.69) is 0 Å². The minimum atomic E-state index is -4.67. The third-order valence-electron chi connectivity index (χ3n) is 1.99. The molecule has 0 amide bonds. The van der Waals surface area contributed by atoms with Crippen molar-refractivity contribution in [1.82, 2.24) is 0 Å². The molecule has 1 aromatic rings. The van der Waals surface area contributed by atoms with E-state index in [-0.39, 0.29) is 21.9 Å². The van der Waals surface area contributed by atoms with E-state index in [1.54, 1.807) is 0 Å². The van der Waals surface area contributed by atoms with Gasteiger partial charge in [-0.05, 0) is 18.2 Å². The van der Waals surface area contributed by atoms with Gasteiger partial charge in [0.15, 0.2) is 9.84 Å². The molecule has 11 heteroatoms. The summed E-state index contributed by atoms with van der Waals surface area (Å²) in [6.07, 6.45) is 0. The fourth-order valence-electron chi connectivity index (χ4n) is 1.08. The number of nitrogen functional groups attached to an aromatic ring is 1. The first-order valence-electron chi connectivity index (χ1n) is 4.94. The Morgan fingerprint density at radius 2 is 1.65 bits per heavy atom. The Balaban J connectivity index is 0.000000621. The van der Waals surface area contributed by atoms with Gasteiger partial charge in [-0.3, -0.25) is 9.11 Å². The van der Waals surface area contributed by atoms with E-state index in [4.69, 9.17) is 28.4 Å². The molecule has 0 atom stereocenters. The van der Waals surface area contributed by atoms with Gasteiger partial charge in [-0.25, -0.2) is 13.2 Å². The SMILES string of the molecule is CCS(=O)(=O)c1ccc(N)c(C(=O)O)c1.O=S(=O)(O)O. The molecule has 0 saturated heterocycles. The zero-order valence-electron chi connectivity index (χ0n) is 10.2. The predicted octanol–water partition coefficient (Wildman–Crippen LogP) is 0.108. The van der Waals surface area contributed by atoms with Crippen LogP contribution in [0.15, 0.2) is 23.1 Å². The maximum Gasteiger partial charge on any atom is 0.394 e. The van der Waals surface area contributed by atoms with Gasteiger partial charge in [-0.2, -0.15) is 8.42 Å². The Labute approximate surface area is 115 Å². The summed E-state index contributed by atoms with van der Waals surface area (Å²) in [5.41, 5.74) is 5.26. The van der Waals surface area contributed by atoms with E-state index in [1.807, 2.05) is 0 Å². The largest absolute Gasteiger partial charge is 0.478 e. The molecule has 0 aromatic heterocycles. The molecule has 0 saturated carbocycles. The number of hydrogen-bond donors (Lipinski definition) is 4. The minimum Gasteiger partial charge on any atom is -0.478 e.